The largest absolute Gasteiger partial charge is 0.394 e. The van der Waals surface area contributed by atoms with Crippen LogP contribution in [0, 0.1) is 0 Å². The maximum atomic E-state index is 12.4. The number of aliphatic hydroxyl groups excluding tert-OH is 2. The van der Waals surface area contributed by atoms with Crippen LogP contribution in [0.25, 0.3) is 0 Å². The standard InChI is InChI=1S/C54H101NO3/c1-3-5-7-9-11-13-14-15-16-17-18-19-20-21-22-23-24-25-26-27-28-29-30-31-32-33-34-35-36-37-38-39-40-42-44-46-48-50-54(58)55-52(51-56)53(57)49-47-45-43-41-12-10-8-6-4-2/h12,22-23,25-26,41,47,49,52-53,56-57H,3-11,13-21,24,27-40,42-46,48,50-51H2,1-2H3,(H,55,58)/b23-22-,26-25-,41-12+,49-47+. The summed E-state index contributed by atoms with van der Waals surface area (Å²) in [6, 6.07) is -0.636. The Morgan fingerprint density at radius 1 is 0.414 bits per heavy atom. The number of nitrogens with one attached hydrogen (secondary N) is 1. The van der Waals surface area contributed by atoms with Gasteiger partial charge >= 0.3 is 0 Å². The molecule has 0 aromatic carbocycles. The van der Waals surface area contributed by atoms with Crippen LogP contribution in [0.3, 0.4) is 0 Å². The topological polar surface area (TPSA) is 69.6 Å². The Morgan fingerprint density at radius 2 is 0.724 bits per heavy atom. The van der Waals surface area contributed by atoms with Gasteiger partial charge in [0.1, 0.15) is 0 Å². The Morgan fingerprint density at radius 3 is 1.14 bits per heavy atom. The van der Waals surface area contributed by atoms with Crippen LogP contribution >= 0.6 is 0 Å². The molecule has 0 heterocycles. The van der Waals surface area contributed by atoms with Crippen molar-refractivity contribution >= 4 is 5.91 Å². The highest BCUT2D eigenvalue weighted by molar-refractivity contribution is 5.76. The summed E-state index contributed by atoms with van der Waals surface area (Å²) in [7, 11) is 0. The van der Waals surface area contributed by atoms with Gasteiger partial charge in [-0.1, -0.05) is 249 Å². The number of amides is 1. The van der Waals surface area contributed by atoms with Gasteiger partial charge in [-0.15, -0.1) is 0 Å². The molecular formula is C54H101NO3. The highest BCUT2D eigenvalue weighted by Gasteiger charge is 2.17. The van der Waals surface area contributed by atoms with Gasteiger partial charge in [0.15, 0.2) is 0 Å². The van der Waals surface area contributed by atoms with E-state index >= 15 is 0 Å². The zero-order valence-corrected chi connectivity index (χ0v) is 39.1. The molecule has 0 fully saturated rings. The first-order valence-electron chi connectivity index (χ1n) is 25.9. The first kappa shape index (κ1) is 56.4. The van der Waals surface area contributed by atoms with Crippen molar-refractivity contribution < 1.29 is 15.0 Å². The molecule has 4 nitrogen and oxygen atoms in total. The van der Waals surface area contributed by atoms with Gasteiger partial charge in [-0.25, -0.2) is 0 Å². The van der Waals surface area contributed by atoms with E-state index < -0.39 is 12.1 Å². The van der Waals surface area contributed by atoms with Crippen molar-refractivity contribution in [1.29, 1.82) is 0 Å². The van der Waals surface area contributed by atoms with Gasteiger partial charge in [-0.05, 0) is 64.2 Å². The van der Waals surface area contributed by atoms with Crippen LogP contribution < -0.4 is 5.32 Å². The average Bonchev–Trinajstić information content (AvgIpc) is 3.23. The van der Waals surface area contributed by atoms with E-state index in [1.165, 1.54) is 212 Å². The molecular weight excluding hydrogens is 711 g/mol. The van der Waals surface area contributed by atoms with Crippen molar-refractivity contribution in [3.05, 3.63) is 48.6 Å². The summed E-state index contributed by atoms with van der Waals surface area (Å²) in [5, 5.41) is 22.9. The van der Waals surface area contributed by atoms with E-state index in [-0.39, 0.29) is 12.5 Å². The molecule has 1 amide bonds. The minimum Gasteiger partial charge on any atom is -0.394 e. The maximum Gasteiger partial charge on any atom is 0.220 e. The molecule has 0 rings (SSSR count). The lowest BCUT2D eigenvalue weighted by molar-refractivity contribution is -0.123. The molecule has 0 spiro atoms. The summed E-state index contributed by atoms with van der Waals surface area (Å²) in [5.41, 5.74) is 0. The Kier molecular flexibility index (Phi) is 48.3. The van der Waals surface area contributed by atoms with E-state index in [4.69, 9.17) is 0 Å². The first-order chi connectivity index (χ1) is 28.7. The number of carbonyl (C=O) groups is 1. The van der Waals surface area contributed by atoms with Crippen LogP contribution in [0.15, 0.2) is 48.6 Å². The van der Waals surface area contributed by atoms with E-state index in [1.54, 1.807) is 6.08 Å². The Balaban J connectivity index is 3.40. The van der Waals surface area contributed by atoms with E-state index in [0.717, 1.165) is 38.5 Å². The van der Waals surface area contributed by atoms with Crippen LogP contribution in [-0.2, 0) is 4.79 Å². The summed E-state index contributed by atoms with van der Waals surface area (Å²) < 4.78 is 0. The van der Waals surface area contributed by atoms with Crippen molar-refractivity contribution in [2.45, 2.75) is 283 Å². The van der Waals surface area contributed by atoms with Crippen molar-refractivity contribution in [3.63, 3.8) is 0 Å². The molecule has 340 valence electrons. The van der Waals surface area contributed by atoms with E-state index in [0.29, 0.717) is 6.42 Å². The normalized spacial score (nSPS) is 13.2. The first-order valence-corrected chi connectivity index (χ1v) is 25.9. The molecule has 58 heavy (non-hydrogen) atoms. The summed E-state index contributed by atoms with van der Waals surface area (Å²) in [5.74, 6) is -0.0753. The molecule has 0 bridgehead atoms. The number of aliphatic hydroxyl groups is 2. The minimum absolute atomic E-state index is 0.0753. The Hall–Kier alpha value is -1.65. The molecule has 2 atom stereocenters. The minimum atomic E-state index is -0.859. The summed E-state index contributed by atoms with van der Waals surface area (Å²) >= 11 is 0. The van der Waals surface area contributed by atoms with Gasteiger partial charge in [0.05, 0.1) is 18.8 Å². The fourth-order valence-electron chi connectivity index (χ4n) is 7.81. The molecule has 0 saturated carbocycles. The van der Waals surface area contributed by atoms with Crippen LogP contribution in [-0.4, -0.2) is 34.9 Å². The van der Waals surface area contributed by atoms with Gasteiger partial charge in [0.25, 0.3) is 0 Å². The molecule has 0 aromatic rings. The fourth-order valence-corrected chi connectivity index (χ4v) is 7.81. The summed E-state index contributed by atoms with van der Waals surface area (Å²) in [6.07, 6.45) is 68.6. The average molecular weight is 812 g/mol. The SMILES string of the molecule is CCCCC/C=C/CC/C=C/C(O)C(CO)NC(=O)CCCCCCCCCCCCCCCCCCC/C=C\C/C=C\CCCCCCCCCCCCCCC. The highest BCUT2D eigenvalue weighted by Crippen LogP contribution is 2.16. The quantitative estimate of drug-likeness (QED) is 0.0423. The van der Waals surface area contributed by atoms with E-state index in [2.05, 4.69) is 55.6 Å². The molecule has 0 saturated heterocycles. The summed E-state index contributed by atoms with van der Waals surface area (Å²) in [6.45, 7) is 4.26. The lowest BCUT2D eigenvalue weighted by Crippen LogP contribution is -2.45. The van der Waals surface area contributed by atoms with Gasteiger partial charge in [0, 0.05) is 6.42 Å². The van der Waals surface area contributed by atoms with Crippen LogP contribution in [0.2, 0.25) is 0 Å². The van der Waals surface area contributed by atoms with Gasteiger partial charge in [0.2, 0.25) is 5.91 Å². The third-order valence-corrected chi connectivity index (χ3v) is 11.8. The second kappa shape index (κ2) is 49.7. The predicted molar refractivity (Wildman–Crippen MR) is 258 cm³/mol. The zero-order valence-electron chi connectivity index (χ0n) is 39.1. The lowest BCUT2D eigenvalue weighted by atomic mass is 10.0. The molecule has 0 aliphatic carbocycles. The second-order valence-electron chi connectivity index (χ2n) is 17.6. The third kappa shape index (κ3) is 45.4. The molecule has 3 N–H and O–H groups in total. The zero-order chi connectivity index (χ0) is 42.1. The molecule has 0 radical (unpaired) electrons. The fraction of sp³-hybridized carbons (Fsp3) is 0.833. The molecule has 0 aromatic heterocycles. The molecule has 2 unspecified atom stereocenters. The third-order valence-electron chi connectivity index (χ3n) is 11.8. The van der Waals surface area contributed by atoms with Gasteiger partial charge in [-0.2, -0.15) is 0 Å². The van der Waals surface area contributed by atoms with Gasteiger partial charge < -0.3 is 15.5 Å². The highest BCUT2D eigenvalue weighted by atomic mass is 16.3. The monoisotopic (exact) mass is 812 g/mol. The number of hydrogen-bond donors (Lipinski definition) is 3. The number of unbranched alkanes of at least 4 members (excludes halogenated alkanes) is 34. The lowest BCUT2D eigenvalue weighted by Gasteiger charge is -2.19. The molecule has 0 aliphatic heterocycles. The van der Waals surface area contributed by atoms with Gasteiger partial charge in [-0.3, -0.25) is 4.79 Å². The van der Waals surface area contributed by atoms with E-state index in [9.17, 15) is 15.0 Å². The van der Waals surface area contributed by atoms with Crippen molar-refractivity contribution in [2.75, 3.05) is 6.61 Å². The number of allylic oxidation sites excluding steroid dienone is 7. The number of hydrogen-bond acceptors (Lipinski definition) is 3. The second-order valence-corrected chi connectivity index (χ2v) is 17.6. The van der Waals surface area contributed by atoms with Crippen molar-refractivity contribution in [3.8, 4) is 0 Å². The smallest absolute Gasteiger partial charge is 0.220 e. The number of rotatable bonds is 47. The molecule has 0 aliphatic rings. The summed E-state index contributed by atoms with van der Waals surface area (Å²) in [4.78, 5) is 12.4. The maximum absolute atomic E-state index is 12.4. The van der Waals surface area contributed by atoms with Crippen molar-refractivity contribution in [1.82, 2.24) is 5.32 Å². The predicted octanol–water partition coefficient (Wildman–Crippen LogP) is 16.7. The van der Waals surface area contributed by atoms with Crippen LogP contribution in [0.1, 0.15) is 271 Å². The van der Waals surface area contributed by atoms with Crippen molar-refractivity contribution in [2.24, 2.45) is 0 Å². The Labute approximate surface area is 363 Å². The number of carbonyl (C=O) groups excluding carboxylic acids is 1. The van der Waals surface area contributed by atoms with E-state index in [1.807, 2.05) is 6.08 Å². The molecule has 4 heteroatoms. The van der Waals surface area contributed by atoms with Crippen LogP contribution in [0.4, 0.5) is 0 Å². The van der Waals surface area contributed by atoms with Crippen LogP contribution in [0.5, 0.6) is 0 Å². The Bertz CT molecular complexity index is 923.